The molecule has 2 aromatic heterocycles. The first-order valence-electron chi connectivity index (χ1n) is 7.95. The van der Waals surface area contributed by atoms with Gasteiger partial charge in [-0.25, -0.2) is 0 Å². The Morgan fingerprint density at radius 2 is 2.00 bits per heavy atom. The molecule has 7 nitrogen and oxygen atoms in total. The monoisotopic (exact) mass is 327 g/mol. The number of carbonyl (C=O) groups excluding carboxylic acids is 2. The molecule has 0 radical (unpaired) electrons. The normalized spacial score (nSPS) is 16.6. The Hall–Kier alpha value is -2.70. The first-order chi connectivity index (χ1) is 11.5. The van der Waals surface area contributed by atoms with Gasteiger partial charge in [0.15, 0.2) is 0 Å². The summed E-state index contributed by atoms with van der Waals surface area (Å²) >= 11 is 0. The Labute approximate surface area is 140 Å². The van der Waals surface area contributed by atoms with Gasteiger partial charge >= 0.3 is 0 Å². The van der Waals surface area contributed by atoms with Crippen molar-refractivity contribution >= 4 is 11.8 Å². The molecule has 2 aromatic rings. The number of fused-ring (bicyclic) bond motifs is 1. The van der Waals surface area contributed by atoms with Crippen LogP contribution in [0.2, 0.25) is 0 Å². The number of hydrogen-bond donors (Lipinski definition) is 1. The Bertz CT molecular complexity index is 763. The maximum absolute atomic E-state index is 12.9. The number of pyridine rings is 1. The molecule has 1 unspecified atom stereocenters. The second-order valence-corrected chi connectivity index (χ2v) is 6.12. The van der Waals surface area contributed by atoms with Gasteiger partial charge in [0.05, 0.1) is 24.7 Å². The topological polar surface area (TPSA) is 80.1 Å². The van der Waals surface area contributed by atoms with Crippen LogP contribution in [0.1, 0.15) is 39.9 Å². The van der Waals surface area contributed by atoms with E-state index in [0.717, 1.165) is 17.1 Å². The van der Waals surface area contributed by atoms with Crippen LogP contribution in [0, 0.1) is 13.8 Å². The van der Waals surface area contributed by atoms with Gasteiger partial charge in [0.1, 0.15) is 0 Å². The number of amides is 2. The van der Waals surface area contributed by atoms with Crippen LogP contribution in [-0.4, -0.2) is 45.1 Å². The highest BCUT2D eigenvalue weighted by atomic mass is 16.2. The number of carbonyl (C=O) groups is 2. The van der Waals surface area contributed by atoms with Gasteiger partial charge in [0, 0.05) is 36.7 Å². The maximum Gasteiger partial charge on any atom is 0.254 e. The minimum atomic E-state index is -0.156. The molecule has 24 heavy (non-hydrogen) atoms. The summed E-state index contributed by atoms with van der Waals surface area (Å²) in [6.45, 7) is 4.71. The van der Waals surface area contributed by atoms with E-state index in [4.69, 9.17) is 0 Å². The van der Waals surface area contributed by atoms with Gasteiger partial charge in [-0.2, -0.15) is 5.10 Å². The highest BCUT2D eigenvalue weighted by Gasteiger charge is 2.30. The lowest BCUT2D eigenvalue weighted by Crippen LogP contribution is -2.42. The summed E-state index contributed by atoms with van der Waals surface area (Å²) in [6.07, 6.45) is 2.00. The van der Waals surface area contributed by atoms with Crippen molar-refractivity contribution in [1.29, 1.82) is 0 Å². The molecular weight excluding hydrogens is 306 g/mol. The fraction of sp³-hybridized carbons (Fsp3) is 0.412. The average Bonchev–Trinajstić information content (AvgIpc) is 3.01. The third-order valence-corrected chi connectivity index (χ3v) is 4.20. The molecule has 126 valence electrons. The van der Waals surface area contributed by atoms with Crippen LogP contribution >= 0.6 is 0 Å². The largest absolute Gasteiger partial charge is 0.359 e. The van der Waals surface area contributed by atoms with Gasteiger partial charge in [-0.3, -0.25) is 19.3 Å². The molecule has 0 aliphatic carbocycles. The van der Waals surface area contributed by atoms with Crippen LogP contribution in [-0.2, 0) is 11.3 Å². The lowest BCUT2D eigenvalue weighted by atomic mass is 10.1. The average molecular weight is 327 g/mol. The Morgan fingerprint density at radius 3 is 2.67 bits per heavy atom. The summed E-state index contributed by atoms with van der Waals surface area (Å²) in [5.41, 5.74) is 3.21. The van der Waals surface area contributed by atoms with E-state index in [0.29, 0.717) is 25.1 Å². The lowest BCUT2D eigenvalue weighted by Gasteiger charge is -2.33. The van der Waals surface area contributed by atoms with Crippen molar-refractivity contribution in [2.75, 3.05) is 13.6 Å². The third-order valence-electron chi connectivity index (χ3n) is 4.20. The predicted molar refractivity (Wildman–Crippen MR) is 88.4 cm³/mol. The molecule has 1 N–H and O–H groups in total. The molecule has 2 amide bonds. The second kappa shape index (κ2) is 6.43. The molecule has 0 aromatic carbocycles. The van der Waals surface area contributed by atoms with Crippen LogP contribution in [0.5, 0.6) is 0 Å². The van der Waals surface area contributed by atoms with Crippen molar-refractivity contribution in [1.82, 2.24) is 25.0 Å². The van der Waals surface area contributed by atoms with Crippen LogP contribution in [0.25, 0.3) is 0 Å². The van der Waals surface area contributed by atoms with E-state index in [1.165, 1.54) is 0 Å². The van der Waals surface area contributed by atoms with Crippen molar-refractivity contribution < 1.29 is 9.59 Å². The molecule has 1 atom stereocenters. The van der Waals surface area contributed by atoms with Crippen LogP contribution in [0.15, 0.2) is 24.4 Å². The molecular formula is C17H21N5O2. The summed E-state index contributed by atoms with van der Waals surface area (Å²) in [7, 11) is 1.61. The quantitative estimate of drug-likeness (QED) is 0.919. The molecule has 7 heteroatoms. The van der Waals surface area contributed by atoms with Crippen molar-refractivity contribution in [2.45, 2.75) is 32.9 Å². The summed E-state index contributed by atoms with van der Waals surface area (Å²) in [5, 5.41) is 6.94. The number of aromatic nitrogens is 3. The fourth-order valence-corrected chi connectivity index (χ4v) is 3.15. The highest BCUT2D eigenvalue weighted by molar-refractivity contribution is 5.94. The lowest BCUT2D eigenvalue weighted by molar-refractivity contribution is -0.121. The third kappa shape index (κ3) is 3.15. The predicted octanol–water partition coefficient (Wildman–Crippen LogP) is 1.23. The standard InChI is InChI=1S/C17H21N5O2/c1-11-6-13(7-12(2)20-11)17(24)21-9-14-4-5-19-22(14)15(10-21)8-16(23)18-3/h4-7,15H,8-10H2,1-3H3,(H,18,23). The zero-order chi connectivity index (χ0) is 17.3. The SMILES string of the molecule is CNC(=O)CC1CN(C(=O)c2cc(C)nc(C)c2)Cc2ccnn21. The van der Waals surface area contributed by atoms with Crippen molar-refractivity contribution in [3.8, 4) is 0 Å². The van der Waals surface area contributed by atoms with E-state index in [1.807, 2.05) is 24.6 Å². The van der Waals surface area contributed by atoms with Crippen molar-refractivity contribution in [2.24, 2.45) is 0 Å². The molecule has 1 aliphatic heterocycles. The number of nitrogens with one attached hydrogen (secondary N) is 1. The van der Waals surface area contributed by atoms with E-state index < -0.39 is 0 Å². The minimum Gasteiger partial charge on any atom is -0.359 e. The second-order valence-electron chi connectivity index (χ2n) is 6.12. The maximum atomic E-state index is 12.9. The van der Waals surface area contributed by atoms with Gasteiger partial charge in [0.2, 0.25) is 5.91 Å². The van der Waals surface area contributed by atoms with Crippen LogP contribution in [0.3, 0.4) is 0 Å². The number of hydrogen-bond acceptors (Lipinski definition) is 4. The van der Waals surface area contributed by atoms with E-state index in [2.05, 4.69) is 15.4 Å². The van der Waals surface area contributed by atoms with Gasteiger partial charge < -0.3 is 10.2 Å². The number of nitrogens with zero attached hydrogens (tertiary/aromatic N) is 4. The Balaban J connectivity index is 1.87. The van der Waals surface area contributed by atoms with Crippen LogP contribution < -0.4 is 5.32 Å². The summed E-state index contributed by atoms with van der Waals surface area (Å²) in [5.74, 6) is -0.107. The minimum absolute atomic E-state index is 0.0436. The van der Waals surface area contributed by atoms with Crippen molar-refractivity contribution in [3.63, 3.8) is 0 Å². The summed E-state index contributed by atoms with van der Waals surface area (Å²) in [4.78, 5) is 30.8. The molecule has 3 rings (SSSR count). The molecule has 0 fully saturated rings. The molecule has 0 saturated carbocycles. The molecule has 3 heterocycles. The first kappa shape index (κ1) is 16.2. The number of rotatable bonds is 3. The van der Waals surface area contributed by atoms with E-state index in [9.17, 15) is 9.59 Å². The van der Waals surface area contributed by atoms with E-state index >= 15 is 0 Å². The van der Waals surface area contributed by atoms with Gasteiger partial charge in [-0.1, -0.05) is 0 Å². The molecule has 1 aliphatic rings. The first-order valence-corrected chi connectivity index (χ1v) is 7.95. The van der Waals surface area contributed by atoms with Gasteiger partial charge in [0.25, 0.3) is 5.91 Å². The Morgan fingerprint density at radius 1 is 1.29 bits per heavy atom. The highest BCUT2D eigenvalue weighted by Crippen LogP contribution is 2.24. The van der Waals surface area contributed by atoms with Gasteiger partial charge in [-0.15, -0.1) is 0 Å². The summed E-state index contributed by atoms with van der Waals surface area (Å²) in [6, 6.07) is 5.33. The van der Waals surface area contributed by atoms with E-state index in [-0.39, 0.29) is 17.9 Å². The number of aryl methyl sites for hydroxylation is 2. The zero-order valence-electron chi connectivity index (χ0n) is 14.1. The van der Waals surface area contributed by atoms with E-state index in [1.54, 1.807) is 30.3 Å². The summed E-state index contributed by atoms with van der Waals surface area (Å²) < 4.78 is 1.85. The van der Waals surface area contributed by atoms with Crippen molar-refractivity contribution in [3.05, 3.63) is 47.0 Å². The van der Waals surface area contributed by atoms with Gasteiger partial charge in [-0.05, 0) is 32.0 Å². The fourth-order valence-electron chi connectivity index (χ4n) is 3.15. The van der Waals surface area contributed by atoms with Crippen LogP contribution in [0.4, 0.5) is 0 Å². The molecule has 0 saturated heterocycles. The molecule has 0 spiro atoms. The Kier molecular flexibility index (Phi) is 4.33. The molecule has 0 bridgehead atoms. The zero-order valence-corrected chi connectivity index (χ0v) is 14.1. The smallest absolute Gasteiger partial charge is 0.254 e.